The van der Waals surface area contributed by atoms with Crippen LogP contribution in [0.4, 0.5) is 0 Å². The van der Waals surface area contributed by atoms with Gasteiger partial charge in [0.25, 0.3) is 0 Å². The van der Waals surface area contributed by atoms with Crippen LogP contribution in [0.3, 0.4) is 0 Å². The lowest BCUT2D eigenvalue weighted by atomic mass is 10.3. The van der Waals surface area contributed by atoms with Crippen LogP contribution in [0.5, 0.6) is 0 Å². The zero-order chi connectivity index (χ0) is 12.1. The second-order valence-corrected chi connectivity index (χ2v) is 7.28. The van der Waals surface area contributed by atoms with Gasteiger partial charge in [-0.05, 0) is 0 Å². The lowest BCUT2D eigenvalue weighted by Gasteiger charge is -2.24. The molecule has 0 radical (unpaired) electrons. The van der Waals surface area contributed by atoms with Crippen LogP contribution in [0, 0.1) is 11.3 Å². The number of aromatic nitrogens is 2. The molecule has 0 spiro atoms. The first-order valence-electron chi connectivity index (χ1n) is 5.31. The van der Waals surface area contributed by atoms with E-state index in [-0.39, 0.29) is 0 Å². The van der Waals surface area contributed by atoms with Crippen molar-refractivity contribution in [2.45, 2.75) is 23.2 Å². The molecule has 2 atom stereocenters. The van der Waals surface area contributed by atoms with E-state index >= 15 is 0 Å². The first kappa shape index (κ1) is 13.1. The molecule has 1 aliphatic rings. The smallest absolute Gasteiger partial charge is 0.236 e. The summed E-state index contributed by atoms with van der Waals surface area (Å²) < 4.78 is 5.20. The largest absolute Gasteiger partial charge is 0.338 e. The molecule has 0 N–H and O–H groups in total. The lowest BCUT2D eigenvalue weighted by Crippen LogP contribution is -2.16. The molecule has 2 unspecified atom stereocenters. The van der Waals surface area contributed by atoms with Crippen LogP contribution < -0.4 is 0 Å². The third-order valence-corrected chi connectivity index (χ3v) is 6.19. The van der Waals surface area contributed by atoms with E-state index in [0.29, 0.717) is 27.9 Å². The van der Waals surface area contributed by atoms with Crippen LogP contribution in [-0.4, -0.2) is 32.6 Å². The molecule has 7 heteroatoms. The minimum absolute atomic E-state index is 0.340. The van der Waals surface area contributed by atoms with Crippen molar-refractivity contribution in [3.63, 3.8) is 0 Å². The van der Waals surface area contributed by atoms with E-state index in [2.05, 4.69) is 23.1 Å². The van der Waals surface area contributed by atoms with Gasteiger partial charge in [-0.3, -0.25) is 0 Å². The second-order valence-electron chi connectivity index (χ2n) is 3.56. The molecular weight excluding hydrogens is 274 g/mol. The van der Waals surface area contributed by atoms with Crippen molar-refractivity contribution < 1.29 is 4.52 Å². The van der Waals surface area contributed by atoms with Gasteiger partial charge in [-0.2, -0.15) is 22.0 Å². The van der Waals surface area contributed by atoms with Gasteiger partial charge in [0.1, 0.15) is 0 Å². The predicted octanol–water partition coefficient (Wildman–Crippen LogP) is 2.74. The van der Waals surface area contributed by atoms with Crippen molar-refractivity contribution >= 4 is 35.3 Å². The summed E-state index contributed by atoms with van der Waals surface area (Å²) >= 11 is 5.36. The topological polar surface area (TPSA) is 62.7 Å². The van der Waals surface area contributed by atoms with E-state index in [1.165, 1.54) is 17.5 Å². The summed E-state index contributed by atoms with van der Waals surface area (Å²) in [7, 11) is 0. The van der Waals surface area contributed by atoms with Gasteiger partial charge in [-0.15, -0.1) is 23.5 Å². The lowest BCUT2D eigenvalue weighted by molar-refractivity contribution is 0.384. The Labute approximate surface area is 113 Å². The molecule has 2 heterocycles. The van der Waals surface area contributed by atoms with Gasteiger partial charge in [0.05, 0.1) is 22.8 Å². The van der Waals surface area contributed by atoms with Crippen molar-refractivity contribution in [1.82, 2.24) is 10.1 Å². The Morgan fingerprint density at radius 1 is 1.53 bits per heavy atom. The number of hydrogen-bond acceptors (Lipinski definition) is 7. The molecule has 0 saturated carbocycles. The molecule has 0 aromatic carbocycles. The van der Waals surface area contributed by atoms with Gasteiger partial charge in [0.2, 0.25) is 5.89 Å². The van der Waals surface area contributed by atoms with Crippen LogP contribution in [0.15, 0.2) is 4.52 Å². The van der Waals surface area contributed by atoms with Crippen molar-refractivity contribution in [3.8, 4) is 6.07 Å². The highest BCUT2D eigenvalue weighted by atomic mass is 32.2. The zero-order valence-corrected chi connectivity index (χ0v) is 11.9. The molecule has 1 saturated heterocycles. The summed E-state index contributed by atoms with van der Waals surface area (Å²) in [6.45, 7) is 2.21. The molecule has 0 aliphatic carbocycles. The molecule has 1 aliphatic heterocycles. The summed E-state index contributed by atoms with van der Waals surface area (Å²) in [6.07, 6.45) is 0. The average molecular weight is 287 g/mol. The fraction of sp³-hybridized carbons (Fsp3) is 0.700. The molecule has 92 valence electrons. The fourth-order valence-electron chi connectivity index (χ4n) is 1.54. The predicted molar refractivity (Wildman–Crippen MR) is 73.2 cm³/mol. The summed E-state index contributed by atoms with van der Waals surface area (Å²) in [5.41, 5.74) is 0. The molecule has 0 amide bonds. The average Bonchev–Trinajstić information content (AvgIpc) is 2.79. The molecule has 17 heavy (non-hydrogen) atoms. The number of hydrogen-bond donors (Lipinski definition) is 0. The van der Waals surface area contributed by atoms with Gasteiger partial charge in [0.15, 0.2) is 5.82 Å². The Morgan fingerprint density at radius 3 is 3.12 bits per heavy atom. The number of nitrogens with zero attached hydrogens (tertiary/aromatic N) is 3. The normalized spacial score (nSPS) is 24.5. The van der Waals surface area contributed by atoms with Gasteiger partial charge in [-0.1, -0.05) is 12.1 Å². The Hall–Kier alpha value is -0.320. The quantitative estimate of drug-likeness (QED) is 0.789. The highest BCUT2D eigenvalue weighted by molar-refractivity contribution is 8.06. The number of rotatable bonds is 4. The Bertz CT molecular complexity index is 404. The maximum atomic E-state index is 8.44. The highest BCUT2D eigenvalue weighted by Crippen LogP contribution is 2.41. The maximum absolute atomic E-state index is 8.44. The van der Waals surface area contributed by atoms with Gasteiger partial charge >= 0.3 is 0 Å². The van der Waals surface area contributed by atoms with E-state index in [9.17, 15) is 0 Å². The summed E-state index contributed by atoms with van der Waals surface area (Å²) in [5.74, 6) is 4.87. The second kappa shape index (κ2) is 6.57. The molecule has 1 aromatic rings. The first-order valence-corrected chi connectivity index (χ1v) is 8.57. The van der Waals surface area contributed by atoms with E-state index in [4.69, 9.17) is 9.78 Å². The zero-order valence-electron chi connectivity index (χ0n) is 9.46. The third kappa shape index (κ3) is 3.57. The van der Waals surface area contributed by atoms with E-state index in [1.807, 2.05) is 23.5 Å². The molecule has 4 nitrogen and oxygen atoms in total. The minimum atomic E-state index is 0.340. The Balaban J connectivity index is 1.95. The minimum Gasteiger partial charge on any atom is -0.338 e. The first-order chi connectivity index (χ1) is 8.31. The van der Waals surface area contributed by atoms with E-state index in [1.54, 1.807) is 0 Å². The summed E-state index contributed by atoms with van der Waals surface area (Å²) in [6, 6.07) is 2.08. The highest BCUT2D eigenvalue weighted by Gasteiger charge is 2.28. The monoisotopic (exact) mass is 287 g/mol. The molecule has 0 bridgehead atoms. The van der Waals surface area contributed by atoms with Gasteiger partial charge in [0, 0.05) is 16.8 Å². The Kier molecular flexibility index (Phi) is 5.07. The molecule has 1 fully saturated rings. The summed E-state index contributed by atoms with van der Waals surface area (Å²) in [4.78, 5) is 4.41. The number of thioether (sulfide) groups is 3. The number of nitriles is 1. The standard InChI is InChI=1S/C10H13N3OS3/c1-7-9(17-5-4-16-7)10-12-8(14-13-10)6-15-3-2-11/h7,9H,3-6H2,1H3. The third-order valence-electron chi connectivity index (χ3n) is 2.32. The van der Waals surface area contributed by atoms with Crippen LogP contribution in [0.1, 0.15) is 23.9 Å². The van der Waals surface area contributed by atoms with Crippen LogP contribution in [0.25, 0.3) is 0 Å². The van der Waals surface area contributed by atoms with E-state index in [0.717, 1.165) is 11.6 Å². The molecule has 2 rings (SSSR count). The van der Waals surface area contributed by atoms with Crippen molar-refractivity contribution in [2.24, 2.45) is 0 Å². The maximum Gasteiger partial charge on any atom is 0.236 e. The van der Waals surface area contributed by atoms with E-state index < -0.39 is 0 Å². The Morgan fingerprint density at radius 2 is 2.35 bits per heavy atom. The van der Waals surface area contributed by atoms with Crippen molar-refractivity contribution in [1.29, 1.82) is 5.26 Å². The van der Waals surface area contributed by atoms with Gasteiger partial charge < -0.3 is 4.52 Å². The molecule has 1 aromatic heterocycles. The van der Waals surface area contributed by atoms with Crippen molar-refractivity contribution in [2.75, 3.05) is 17.3 Å². The van der Waals surface area contributed by atoms with Crippen LogP contribution in [0.2, 0.25) is 0 Å². The fourth-order valence-corrected chi connectivity index (χ4v) is 4.71. The van der Waals surface area contributed by atoms with Crippen molar-refractivity contribution in [3.05, 3.63) is 11.7 Å². The van der Waals surface area contributed by atoms with Gasteiger partial charge in [-0.25, -0.2) is 0 Å². The SMILES string of the molecule is CC1SCCSC1c1noc(CSCC#N)n1. The summed E-state index contributed by atoms with van der Waals surface area (Å²) in [5, 5.41) is 13.4. The molecular formula is C10H13N3OS3. The van der Waals surface area contributed by atoms with Crippen LogP contribution >= 0.6 is 35.3 Å². The van der Waals surface area contributed by atoms with Crippen LogP contribution in [-0.2, 0) is 5.75 Å².